The predicted molar refractivity (Wildman–Crippen MR) is 67.5 cm³/mol. The fourth-order valence-corrected chi connectivity index (χ4v) is 3.90. The van der Waals surface area contributed by atoms with E-state index in [1.54, 1.807) is 0 Å². The highest BCUT2D eigenvalue weighted by atomic mass is 16.5. The Morgan fingerprint density at radius 3 is 2.67 bits per heavy atom. The number of hydrogen-bond acceptors (Lipinski definition) is 3. The first-order chi connectivity index (χ1) is 8.65. The Hall–Kier alpha value is -0.610. The summed E-state index contributed by atoms with van der Waals surface area (Å²) >= 11 is 0. The maximum absolute atomic E-state index is 10.6. The van der Waals surface area contributed by atoms with Crippen LogP contribution in [0.5, 0.6) is 0 Å². The molecule has 3 rings (SSSR count). The number of carbonyl (C=O) groups is 1. The summed E-state index contributed by atoms with van der Waals surface area (Å²) in [6.45, 7) is 2.90. The predicted octanol–water partition coefficient (Wildman–Crippen LogP) is 1.88. The maximum atomic E-state index is 10.6. The largest absolute Gasteiger partial charge is 0.481 e. The van der Waals surface area contributed by atoms with Gasteiger partial charge in [0.2, 0.25) is 0 Å². The van der Waals surface area contributed by atoms with E-state index in [9.17, 15) is 4.79 Å². The van der Waals surface area contributed by atoms with Gasteiger partial charge in [-0.05, 0) is 31.6 Å². The SMILES string of the molecule is O=C(O)CC1CN(CC2CCC3(CCCC3)O2)C1. The molecule has 1 atom stereocenters. The third-order valence-electron chi connectivity index (χ3n) is 4.81. The Labute approximate surface area is 108 Å². The van der Waals surface area contributed by atoms with Gasteiger partial charge < -0.3 is 14.7 Å². The van der Waals surface area contributed by atoms with Gasteiger partial charge in [0.1, 0.15) is 0 Å². The van der Waals surface area contributed by atoms with Crippen molar-refractivity contribution in [2.75, 3.05) is 19.6 Å². The molecule has 2 saturated heterocycles. The van der Waals surface area contributed by atoms with E-state index < -0.39 is 5.97 Å². The van der Waals surface area contributed by atoms with Crippen molar-refractivity contribution in [2.24, 2.45) is 5.92 Å². The molecule has 1 spiro atoms. The molecule has 0 aromatic rings. The second-order valence-electron chi connectivity index (χ2n) is 6.35. The number of likely N-dealkylation sites (tertiary alicyclic amines) is 1. The third-order valence-corrected chi connectivity index (χ3v) is 4.81. The van der Waals surface area contributed by atoms with Crippen LogP contribution in [-0.4, -0.2) is 47.3 Å². The first-order valence-corrected chi connectivity index (χ1v) is 7.27. The van der Waals surface area contributed by atoms with Gasteiger partial charge in [-0.15, -0.1) is 0 Å². The highest BCUT2D eigenvalue weighted by Gasteiger charge is 2.43. The first kappa shape index (κ1) is 12.4. The molecule has 1 saturated carbocycles. The topological polar surface area (TPSA) is 49.8 Å². The van der Waals surface area contributed by atoms with Crippen LogP contribution in [-0.2, 0) is 9.53 Å². The van der Waals surface area contributed by atoms with E-state index in [1.807, 2.05) is 0 Å². The number of ether oxygens (including phenoxy) is 1. The molecule has 3 aliphatic rings. The highest BCUT2D eigenvalue weighted by Crippen LogP contribution is 2.43. The normalized spacial score (nSPS) is 31.9. The van der Waals surface area contributed by atoms with Crippen LogP contribution in [0.4, 0.5) is 0 Å². The van der Waals surface area contributed by atoms with Gasteiger partial charge in [-0.1, -0.05) is 12.8 Å². The number of rotatable bonds is 4. The van der Waals surface area contributed by atoms with E-state index in [2.05, 4.69) is 4.90 Å². The van der Waals surface area contributed by atoms with Crippen molar-refractivity contribution >= 4 is 5.97 Å². The molecular formula is C14H23NO3. The van der Waals surface area contributed by atoms with Gasteiger partial charge in [0.25, 0.3) is 0 Å². The molecule has 2 heterocycles. The molecule has 3 fully saturated rings. The summed E-state index contributed by atoms with van der Waals surface area (Å²) in [5.74, 6) is -0.300. The minimum absolute atomic E-state index is 0.232. The zero-order valence-electron chi connectivity index (χ0n) is 10.9. The Bertz CT molecular complexity index is 319. The van der Waals surface area contributed by atoms with Crippen molar-refractivity contribution < 1.29 is 14.6 Å². The van der Waals surface area contributed by atoms with Crippen LogP contribution in [0.3, 0.4) is 0 Å². The van der Waals surface area contributed by atoms with Crippen molar-refractivity contribution in [1.82, 2.24) is 4.90 Å². The number of hydrogen-bond donors (Lipinski definition) is 1. The van der Waals surface area contributed by atoms with Crippen LogP contribution in [0.2, 0.25) is 0 Å². The smallest absolute Gasteiger partial charge is 0.303 e. The fraction of sp³-hybridized carbons (Fsp3) is 0.929. The van der Waals surface area contributed by atoms with E-state index in [-0.39, 0.29) is 5.60 Å². The van der Waals surface area contributed by atoms with Crippen LogP contribution in [0.15, 0.2) is 0 Å². The van der Waals surface area contributed by atoms with Gasteiger partial charge >= 0.3 is 5.97 Å². The van der Waals surface area contributed by atoms with Crippen molar-refractivity contribution in [1.29, 1.82) is 0 Å². The van der Waals surface area contributed by atoms with Crippen LogP contribution in [0.1, 0.15) is 44.9 Å². The van der Waals surface area contributed by atoms with E-state index >= 15 is 0 Å². The minimum atomic E-state index is -0.665. The molecule has 4 heteroatoms. The molecule has 0 amide bonds. The summed E-state index contributed by atoms with van der Waals surface area (Å²) < 4.78 is 6.27. The standard InChI is InChI=1S/C14H23NO3/c16-13(17)7-11-8-15(9-11)10-12-3-6-14(18-12)4-1-2-5-14/h11-12H,1-10H2,(H,16,17). The summed E-state index contributed by atoms with van der Waals surface area (Å²) in [7, 11) is 0. The van der Waals surface area contributed by atoms with E-state index in [4.69, 9.17) is 9.84 Å². The van der Waals surface area contributed by atoms with Gasteiger partial charge in [-0.25, -0.2) is 0 Å². The summed E-state index contributed by atoms with van der Waals surface area (Å²) in [5, 5.41) is 8.72. The van der Waals surface area contributed by atoms with E-state index in [1.165, 1.54) is 38.5 Å². The molecule has 1 aliphatic carbocycles. The maximum Gasteiger partial charge on any atom is 0.303 e. The lowest BCUT2D eigenvalue weighted by Crippen LogP contribution is -2.50. The summed E-state index contributed by atoms with van der Waals surface area (Å²) in [6.07, 6.45) is 8.33. The number of nitrogens with zero attached hydrogens (tertiary/aromatic N) is 1. The lowest BCUT2D eigenvalue weighted by atomic mass is 9.95. The second kappa shape index (κ2) is 4.82. The monoisotopic (exact) mass is 253 g/mol. The minimum Gasteiger partial charge on any atom is -0.481 e. The summed E-state index contributed by atoms with van der Waals surface area (Å²) in [4.78, 5) is 12.9. The Kier molecular flexibility index (Phi) is 3.32. The van der Waals surface area contributed by atoms with E-state index in [0.717, 1.165) is 19.6 Å². The highest BCUT2D eigenvalue weighted by molar-refractivity contribution is 5.67. The average Bonchev–Trinajstić information content (AvgIpc) is 2.87. The van der Waals surface area contributed by atoms with Crippen molar-refractivity contribution in [3.8, 4) is 0 Å². The quantitative estimate of drug-likeness (QED) is 0.831. The Morgan fingerprint density at radius 2 is 2.00 bits per heavy atom. The van der Waals surface area contributed by atoms with Crippen LogP contribution in [0.25, 0.3) is 0 Å². The molecule has 1 unspecified atom stereocenters. The Balaban J connectivity index is 1.39. The lowest BCUT2D eigenvalue weighted by Gasteiger charge is -2.40. The van der Waals surface area contributed by atoms with Gasteiger partial charge in [0.15, 0.2) is 0 Å². The fourth-order valence-electron chi connectivity index (χ4n) is 3.90. The van der Waals surface area contributed by atoms with Crippen molar-refractivity contribution in [2.45, 2.75) is 56.7 Å². The molecule has 0 aromatic heterocycles. The molecule has 1 N–H and O–H groups in total. The molecule has 102 valence electrons. The zero-order valence-corrected chi connectivity index (χ0v) is 10.9. The van der Waals surface area contributed by atoms with Crippen molar-refractivity contribution in [3.63, 3.8) is 0 Å². The van der Waals surface area contributed by atoms with E-state index in [0.29, 0.717) is 18.4 Å². The van der Waals surface area contributed by atoms with Crippen LogP contribution < -0.4 is 0 Å². The second-order valence-corrected chi connectivity index (χ2v) is 6.35. The van der Waals surface area contributed by atoms with Crippen LogP contribution in [0, 0.1) is 5.92 Å². The molecule has 2 aliphatic heterocycles. The number of carboxylic acid groups (broad SMARTS) is 1. The van der Waals surface area contributed by atoms with Crippen molar-refractivity contribution in [3.05, 3.63) is 0 Å². The Morgan fingerprint density at radius 1 is 1.28 bits per heavy atom. The summed E-state index contributed by atoms with van der Waals surface area (Å²) in [5.41, 5.74) is 0.232. The molecule has 4 nitrogen and oxygen atoms in total. The molecule has 0 aromatic carbocycles. The molecule has 18 heavy (non-hydrogen) atoms. The molecule has 0 bridgehead atoms. The average molecular weight is 253 g/mol. The van der Waals surface area contributed by atoms with Gasteiger partial charge in [0, 0.05) is 19.6 Å². The van der Waals surface area contributed by atoms with Gasteiger partial charge in [0.05, 0.1) is 18.1 Å². The zero-order chi connectivity index (χ0) is 12.6. The first-order valence-electron chi connectivity index (χ1n) is 7.27. The third kappa shape index (κ3) is 2.54. The molecule has 0 radical (unpaired) electrons. The van der Waals surface area contributed by atoms with Gasteiger partial charge in [-0.2, -0.15) is 0 Å². The lowest BCUT2D eigenvalue weighted by molar-refractivity contribution is -0.139. The van der Waals surface area contributed by atoms with Crippen LogP contribution >= 0.6 is 0 Å². The summed E-state index contributed by atoms with van der Waals surface area (Å²) in [6, 6.07) is 0. The molecular weight excluding hydrogens is 230 g/mol. The number of carboxylic acids is 1. The number of aliphatic carboxylic acids is 1. The van der Waals surface area contributed by atoms with Gasteiger partial charge in [-0.3, -0.25) is 4.79 Å².